The summed E-state index contributed by atoms with van der Waals surface area (Å²) in [5, 5.41) is 0. The summed E-state index contributed by atoms with van der Waals surface area (Å²) in [5.74, 6) is 3.24. The summed E-state index contributed by atoms with van der Waals surface area (Å²) in [7, 11) is 0. The molecule has 2 aliphatic carbocycles. The van der Waals surface area contributed by atoms with Crippen LogP contribution in [0.5, 0.6) is 0 Å². The minimum absolute atomic E-state index is 1.03. The van der Waals surface area contributed by atoms with Crippen LogP contribution in [-0.4, -0.2) is 0 Å². The Hall–Kier alpha value is 0. The van der Waals surface area contributed by atoms with Gasteiger partial charge >= 0.3 is 0 Å². The second-order valence-corrected chi connectivity index (χ2v) is 6.14. The van der Waals surface area contributed by atoms with Gasteiger partial charge in [-0.2, -0.15) is 0 Å². The van der Waals surface area contributed by atoms with Crippen LogP contribution in [0, 0.1) is 17.8 Å². The summed E-state index contributed by atoms with van der Waals surface area (Å²) in [6.45, 7) is 2.45. The quantitative estimate of drug-likeness (QED) is 0.557. The van der Waals surface area contributed by atoms with Gasteiger partial charge in [-0.1, -0.05) is 64.7 Å². The second-order valence-electron chi connectivity index (χ2n) is 6.14. The molecule has 2 unspecified atom stereocenters. The largest absolute Gasteiger partial charge is 0.0625 e. The summed E-state index contributed by atoms with van der Waals surface area (Å²) >= 11 is 0. The molecule has 0 heteroatoms. The molecule has 0 aliphatic heterocycles. The predicted molar refractivity (Wildman–Crippen MR) is 66.9 cm³/mol. The van der Waals surface area contributed by atoms with E-state index in [1.165, 1.54) is 44.9 Å². The van der Waals surface area contributed by atoms with E-state index in [0.717, 1.165) is 17.8 Å². The van der Waals surface area contributed by atoms with Gasteiger partial charge in [-0.05, 0) is 30.6 Å². The highest BCUT2D eigenvalue weighted by molar-refractivity contribution is 4.79. The van der Waals surface area contributed by atoms with Crippen molar-refractivity contribution in [1.29, 1.82) is 0 Å². The average molecular weight is 208 g/mol. The first-order chi connectivity index (χ1) is 7.36. The van der Waals surface area contributed by atoms with Crippen molar-refractivity contribution in [3.8, 4) is 0 Å². The standard InChI is InChI=1S/C15H28/c1-13-10-11-15(12-13)14-8-6-4-2-3-5-7-9-14/h13-15H,2-12H2,1H3. The Balaban J connectivity index is 1.82. The second kappa shape index (κ2) is 5.92. The third kappa shape index (κ3) is 3.50. The summed E-state index contributed by atoms with van der Waals surface area (Å²) in [6.07, 6.45) is 16.8. The SMILES string of the molecule is CC1CCC(C2CCCCCCCC2)C1. The molecule has 0 N–H and O–H groups in total. The lowest BCUT2D eigenvalue weighted by Crippen LogP contribution is -2.12. The highest BCUT2D eigenvalue weighted by Crippen LogP contribution is 2.40. The van der Waals surface area contributed by atoms with Crippen LogP contribution in [0.3, 0.4) is 0 Å². The molecule has 0 spiro atoms. The van der Waals surface area contributed by atoms with E-state index in [1.807, 2.05) is 0 Å². The van der Waals surface area contributed by atoms with Gasteiger partial charge in [0.15, 0.2) is 0 Å². The van der Waals surface area contributed by atoms with Crippen LogP contribution < -0.4 is 0 Å². The van der Waals surface area contributed by atoms with Crippen LogP contribution in [0.25, 0.3) is 0 Å². The molecular weight excluding hydrogens is 180 g/mol. The molecule has 2 aliphatic rings. The Bertz CT molecular complexity index is 163. The maximum absolute atomic E-state index is 2.45. The van der Waals surface area contributed by atoms with Gasteiger partial charge < -0.3 is 0 Å². The molecule has 0 saturated heterocycles. The van der Waals surface area contributed by atoms with Crippen LogP contribution in [0.4, 0.5) is 0 Å². The third-order valence-electron chi connectivity index (χ3n) is 4.80. The van der Waals surface area contributed by atoms with Crippen molar-refractivity contribution in [2.75, 3.05) is 0 Å². The van der Waals surface area contributed by atoms with Crippen LogP contribution in [0.15, 0.2) is 0 Å². The van der Waals surface area contributed by atoms with Crippen molar-refractivity contribution in [2.45, 2.75) is 77.6 Å². The van der Waals surface area contributed by atoms with E-state index in [9.17, 15) is 0 Å². The monoisotopic (exact) mass is 208 g/mol. The minimum atomic E-state index is 1.03. The predicted octanol–water partition coefficient (Wildman–Crippen LogP) is 5.17. The molecule has 15 heavy (non-hydrogen) atoms. The van der Waals surface area contributed by atoms with Gasteiger partial charge in [-0.15, -0.1) is 0 Å². The van der Waals surface area contributed by atoms with Gasteiger partial charge in [-0.25, -0.2) is 0 Å². The Morgan fingerprint density at radius 3 is 1.73 bits per heavy atom. The zero-order valence-corrected chi connectivity index (χ0v) is 10.5. The molecule has 0 aromatic carbocycles. The minimum Gasteiger partial charge on any atom is -0.0625 e. The van der Waals surface area contributed by atoms with Gasteiger partial charge in [0.2, 0.25) is 0 Å². The maximum Gasteiger partial charge on any atom is -0.0383 e. The zero-order valence-electron chi connectivity index (χ0n) is 10.5. The molecule has 0 amide bonds. The molecule has 0 aromatic heterocycles. The number of hydrogen-bond acceptors (Lipinski definition) is 0. The van der Waals surface area contributed by atoms with Crippen molar-refractivity contribution in [3.63, 3.8) is 0 Å². The van der Waals surface area contributed by atoms with Crippen molar-refractivity contribution in [3.05, 3.63) is 0 Å². The first kappa shape index (κ1) is 11.5. The lowest BCUT2D eigenvalue weighted by Gasteiger charge is -2.23. The van der Waals surface area contributed by atoms with E-state index in [4.69, 9.17) is 0 Å². The molecule has 0 heterocycles. The van der Waals surface area contributed by atoms with Gasteiger partial charge in [0.05, 0.1) is 0 Å². The number of rotatable bonds is 1. The maximum atomic E-state index is 2.45. The molecule has 2 atom stereocenters. The van der Waals surface area contributed by atoms with Gasteiger partial charge in [-0.3, -0.25) is 0 Å². The molecule has 0 nitrogen and oxygen atoms in total. The summed E-state index contributed by atoms with van der Waals surface area (Å²) in [4.78, 5) is 0. The average Bonchev–Trinajstić information content (AvgIpc) is 2.69. The Labute approximate surface area is 95.8 Å². The normalized spacial score (nSPS) is 35.8. The van der Waals surface area contributed by atoms with E-state index in [2.05, 4.69) is 6.92 Å². The van der Waals surface area contributed by atoms with E-state index in [-0.39, 0.29) is 0 Å². The van der Waals surface area contributed by atoms with E-state index < -0.39 is 0 Å². The fourth-order valence-electron chi connectivity index (χ4n) is 3.82. The third-order valence-corrected chi connectivity index (χ3v) is 4.80. The van der Waals surface area contributed by atoms with Crippen LogP contribution >= 0.6 is 0 Å². The highest BCUT2D eigenvalue weighted by atomic mass is 14.3. The molecule has 88 valence electrons. The lowest BCUT2D eigenvalue weighted by molar-refractivity contribution is 0.283. The van der Waals surface area contributed by atoms with Crippen molar-refractivity contribution < 1.29 is 0 Å². The van der Waals surface area contributed by atoms with E-state index in [0.29, 0.717) is 0 Å². The molecule has 0 aromatic rings. The van der Waals surface area contributed by atoms with Crippen LogP contribution in [0.2, 0.25) is 0 Å². The van der Waals surface area contributed by atoms with Crippen molar-refractivity contribution >= 4 is 0 Å². The Morgan fingerprint density at radius 2 is 1.20 bits per heavy atom. The molecule has 0 bridgehead atoms. The fourth-order valence-corrected chi connectivity index (χ4v) is 3.82. The molecule has 2 fully saturated rings. The summed E-state index contributed by atoms with van der Waals surface area (Å²) < 4.78 is 0. The first-order valence-corrected chi connectivity index (χ1v) is 7.36. The Kier molecular flexibility index (Phi) is 4.53. The lowest BCUT2D eigenvalue weighted by atomic mass is 9.83. The zero-order chi connectivity index (χ0) is 10.5. The summed E-state index contributed by atoms with van der Waals surface area (Å²) in [6, 6.07) is 0. The first-order valence-electron chi connectivity index (χ1n) is 7.36. The topological polar surface area (TPSA) is 0 Å². The van der Waals surface area contributed by atoms with Gasteiger partial charge in [0.1, 0.15) is 0 Å². The molecule has 0 radical (unpaired) electrons. The molecule has 2 rings (SSSR count). The van der Waals surface area contributed by atoms with Gasteiger partial charge in [0, 0.05) is 0 Å². The van der Waals surface area contributed by atoms with E-state index >= 15 is 0 Å². The van der Waals surface area contributed by atoms with E-state index in [1.54, 1.807) is 25.7 Å². The number of hydrogen-bond donors (Lipinski definition) is 0. The molecule has 2 saturated carbocycles. The van der Waals surface area contributed by atoms with Crippen LogP contribution in [-0.2, 0) is 0 Å². The van der Waals surface area contributed by atoms with Crippen molar-refractivity contribution in [1.82, 2.24) is 0 Å². The van der Waals surface area contributed by atoms with Gasteiger partial charge in [0.25, 0.3) is 0 Å². The Morgan fingerprint density at radius 1 is 0.600 bits per heavy atom. The smallest absolute Gasteiger partial charge is 0.0383 e. The fraction of sp³-hybridized carbons (Fsp3) is 1.00. The summed E-state index contributed by atoms with van der Waals surface area (Å²) in [5.41, 5.74) is 0. The molecular formula is C15H28. The van der Waals surface area contributed by atoms with Crippen LogP contribution in [0.1, 0.15) is 77.6 Å². The van der Waals surface area contributed by atoms with Crippen molar-refractivity contribution in [2.24, 2.45) is 17.8 Å². The highest BCUT2D eigenvalue weighted by Gasteiger charge is 2.28.